The number of carbonyl (C=O) groups is 1. The van der Waals surface area contributed by atoms with Crippen molar-refractivity contribution in [3.05, 3.63) is 5.82 Å². The Morgan fingerprint density at radius 2 is 2.08 bits per heavy atom. The van der Waals surface area contributed by atoms with Crippen LogP contribution in [0, 0.1) is 5.92 Å². The first-order valence-corrected chi connectivity index (χ1v) is 10.3. The molecule has 1 fully saturated rings. The topological polar surface area (TPSA) is 85.8 Å². The first-order chi connectivity index (χ1) is 11.6. The fourth-order valence-electron chi connectivity index (χ4n) is 3.23. The third kappa shape index (κ3) is 5.86. The van der Waals surface area contributed by atoms with E-state index in [0.717, 1.165) is 30.2 Å². The van der Waals surface area contributed by atoms with Gasteiger partial charge in [-0.2, -0.15) is 0 Å². The number of hydrogen-bond donors (Lipinski definition) is 2. The molecule has 0 spiro atoms. The van der Waals surface area contributed by atoms with Crippen LogP contribution < -0.4 is 11.1 Å². The van der Waals surface area contributed by atoms with Crippen LogP contribution in [0.1, 0.15) is 64.2 Å². The Morgan fingerprint density at radius 1 is 1.40 bits per heavy atom. The molecule has 1 aliphatic carbocycles. The number of thioether (sulfide) groups is 1. The van der Waals surface area contributed by atoms with Gasteiger partial charge in [-0.15, -0.1) is 22.6 Å². The molecule has 0 aromatic carbocycles. The first kappa shape index (κ1) is 22.3. The minimum Gasteiger partial charge on any atom is -0.355 e. The molecule has 0 radical (unpaired) electrons. The third-order valence-corrected chi connectivity index (χ3v) is 5.69. The van der Waals surface area contributed by atoms with Crippen molar-refractivity contribution < 1.29 is 4.79 Å². The van der Waals surface area contributed by atoms with E-state index in [2.05, 4.69) is 33.3 Å². The number of amides is 1. The molecule has 1 amide bonds. The van der Waals surface area contributed by atoms with Crippen molar-refractivity contribution in [3.63, 3.8) is 0 Å². The van der Waals surface area contributed by atoms with Crippen molar-refractivity contribution in [3.8, 4) is 0 Å². The number of nitrogens with zero attached hydrogens (tertiary/aromatic N) is 3. The fraction of sp³-hybridized carbons (Fsp3) is 0.824. The summed E-state index contributed by atoms with van der Waals surface area (Å²) in [5, 5.41) is 12.7. The molecule has 0 aliphatic heterocycles. The Bertz CT molecular complexity index is 533. The van der Waals surface area contributed by atoms with Gasteiger partial charge in [-0.25, -0.2) is 0 Å². The predicted octanol–water partition coefficient (Wildman–Crippen LogP) is 2.96. The summed E-state index contributed by atoms with van der Waals surface area (Å²) in [5.41, 5.74) is 5.95. The molecule has 1 aromatic rings. The van der Waals surface area contributed by atoms with Gasteiger partial charge in [0.1, 0.15) is 5.82 Å². The van der Waals surface area contributed by atoms with E-state index in [0.29, 0.717) is 12.6 Å². The normalized spacial score (nSPS) is 17.1. The van der Waals surface area contributed by atoms with Gasteiger partial charge in [0.05, 0.1) is 6.04 Å². The van der Waals surface area contributed by atoms with E-state index in [1.54, 1.807) is 11.8 Å². The number of nitrogens with one attached hydrogen (secondary N) is 1. The van der Waals surface area contributed by atoms with E-state index < -0.39 is 6.04 Å². The van der Waals surface area contributed by atoms with Gasteiger partial charge in [-0.05, 0) is 31.4 Å². The highest BCUT2D eigenvalue weighted by atomic mass is 35.5. The maximum atomic E-state index is 12.0. The lowest BCUT2D eigenvalue weighted by molar-refractivity contribution is -0.123. The molecule has 1 aromatic heterocycles. The van der Waals surface area contributed by atoms with Crippen LogP contribution in [0.5, 0.6) is 0 Å². The zero-order chi connectivity index (χ0) is 17.5. The van der Waals surface area contributed by atoms with Crippen LogP contribution in [0.25, 0.3) is 0 Å². The number of halogens is 1. The van der Waals surface area contributed by atoms with Crippen LogP contribution in [0.3, 0.4) is 0 Å². The van der Waals surface area contributed by atoms with Crippen molar-refractivity contribution in [2.45, 2.75) is 76.0 Å². The van der Waals surface area contributed by atoms with Crippen molar-refractivity contribution in [1.29, 1.82) is 0 Å². The molecule has 1 saturated carbocycles. The summed E-state index contributed by atoms with van der Waals surface area (Å²) in [7, 11) is 0. The maximum absolute atomic E-state index is 12.0. The zero-order valence-electron chi connectivity index (χ0n) is 15.5. The number of aryl methyl sites for hydroxylation is 1. The second-order valence-electron chi connectivity index (χ2n) is 6.72. The molecular weight excluding hydrogens is 358 g/mol. The second kappa shape index (κ2) is 11.0. The number of carbonyl (C=O) groups excluding carboxylic acids is 1. The standard InChI is InChI=1S/C17H31N5OS.ClH/c1-4-12(2)15(18)16(23)19-11-7-10-14-20-21-17(24-3)22(14)13-8-5-6-9-13;/h12-13,15H,4-11,18H2,1-3H3,(H,19,23);1H. The van der Waals surface area contributed by atoms with Crippen LogP contribution >= 0.6 is 24.2 Å². The molecule has 6 nitrogen and oxygen atoms in total. The van der Waals surface area contributed by atoms with Crippen molar-refractivity contribution in [2.75, 3.05) is 12.8 Å². The molecule has 0 bridgehead atoms. The van der Waals surface area contributed by atoms with Gasteiger partial charge in [0, 0.05) is 19.0 Å². The number of hydrogen-bond acceptors (Lipinski definition) is 5. The summed E-state index contributed by atoms with van der Waals surface area (Å²) < 4.78 is 2.32. The Morgan fingerprint density at radius 3 is 2.68 bits per heavy atom. The van der Waals surface area contributed by atoms with Gasteiger partial charge in [0.25, 0.3) is 0 Å². The summed E-state index contributed by atoms with van der Waals surface area (Å²) in [6.07, 6.45) is 9.69. The van der Waals surface area contributed by atoms with Gasteiger partial charge in [-0.3, -0.25) is 4.79 Å². The molecule has 8 heteroatoms. The Labute approximate surface area is 161 Å². The van der Waals surface area contributed by atoms with Crippen molar-refractivity contribution in [1.82, 2.24) is 20.1 Å². The van der Waals surface area contributed by atoms with Gasteiger partial charge >= 0.3 is 0 Å². The van der Waals surface area contributed by atoms with Crippen molar-refractivity contribution in [2.24, 2.45) is 11.7 Å². The highest BCUT2D eigenvalue weighted by Crippen LogP contribution is 2.33. The van der Waals surface area contributed by atoms with E-state index in [9.17, 15) is 4.79 Å². The number of rotatable bonds is 9. The Kier molecular flexibility index (Phi) is 9.82. The van der Waals surface area contributed by atoms with Gasteiger partial charge in [-0.1, -0.05) is 44.9 Å². The highest BCUT2D eigenvalue weighted by molar-refractivity contribution is 7.98. The van der Waals surface area contributed by atoms with E-state index in [1.165, 1.54) is 25.7 Å². The average Bonchev–Trinajstić information content (AvgIpc) is 3.25. The maximum Gasteiger partial charge on any atom is 0.237 e. The van der Waals surface area contributed by atoms with Gasteiger partial charge in [0.15, 0.2) is 5.16 Å². The molecule has 0 saturated heterocycles. The van der Waals surface area contributed by atoms with Crippen LogP contribution in [0.15, 0.2) is 5.16 Å². The summed E-state index contributed by atoms with van der Waals surface area (Å²) in [6.45, 7) is 4.70. The molecule has 3 N–H and O–H groups in total. The summed E-state index contributed by atoms with van der Waals surface area (Å²) >= 11 is 1.66. The predicted molar refractivity (Wildman–Crippen MR) is 105 cm³/mol. The van der Waals surface area contributed by atoms with E-state index in [1.807, 2.05) is 6.92 Å². The van der Waals surface area contributed by atoms with Crippen LogP contribution in [-0.4, -0.2) is 39.5 Å². The molecule has 144 valence electrons. The Balaban J connectivity index is 0.00000312. The smallest absolute Gasteiger partial charge is 0.237 e. The van der Waals surface area contributed by atoms with E-state index in [4.69, 9.17) is 5.73 Å². The monoisotopic (exact) mass is 389 g/mol. The lowest BCUT2D eigenvalue weighted by atomic mass is 9.99. The summed E-state index contributed by atoms with van der Waals surface area (Å²) in [5.74, 6) is 1.21. The second-order valence-corrected chi connectivity index (χ2v) is 7.49. The first-order valence-electron chi connectivity index (χ1n) is 9.09. The summed E-state index contributed by atoms with van der Waals surface area (Å²) in [4.78, 5) is 12.0. The number of aromatic nitrogens is 3. The molecule has 2 rings (SSSR count). The third-order valence-electron chi connectivity index (χ3n) is 5.04. The molecule has 2 atom stereocenters. The van der Waals surface area contributed by atoms with Crippen LogP contribution in [-0.2, 0) is 11.2 Å². The van der Waals surface area contributed by atoms with Crippen LogP contribution in [0.4, 0.5) is 0 Å². The highest BCUT2D eigenvalue weighted by Gasteiger charge is 2.23. The zero-order valence-corrected chi connectivity index (χ0v) is 17.2. The molecule has 1 aliphatic rings. The minimum atomic E-state index is -0.416. The lowest BCUT2D eigenvalue weighted by Gasteiger charge is -2.18. The van der Waals surface area contributed by atoms with Crippen molar-refractivity contribution >= 4 is 30.1 Å². The fourth-order valence-corrected chi connectivity index (χ4v) is 3.81. The largest absolute Gasteiger partial charge is 0.355 e. The average molecular weight is 390 g/mol. The SMILES string of the molecule is CCC(C)C(N)C(=O)NCCCc1nnc(SC)n1C1CCCC1.Cl. The molecule has 1 heterocycles. The Hall–Kier alpha value is -0.790. The van der Waals surface area contributed by atoms with Gasteiger partial charge < -0.3 is 15.6 Å². The lowest BCUT2D eigenvalue weighted by Crippen LogP contribution is -2.44. The summed E-state index contributed by atoms with van der Waals surface area (Å²) in [6, 6.07) is 0.131. The molecular formula is C17H32ClN5OS. The quantitative estimate of drug-likeness (QED) is 0.501. The van der Waals surface area contributed by atoms with E-state index in [-0.39, 0.29) is 24.2 Å². The van der Waals surface area contributed by atoms with Gasteiger partial charge in [0.2, 0.25) is 5.91 Å². The van der Waals surface area contributed by atoms with E-state index >= 15 is 0 Å². The minimum absolute atomic E-state index is 0. The van der Waals surface area contributed by atoms with Crippen LogP contribution in [0.2, 0.25) is 0 Å². The molecule has 2 unspecified atom stereocenters. The number of nitrogens with two attached hydrogens (primary N) is 1. The molecule has 25 heavy (non-hydrogen) atoms.